The number of allylic oxidation sites excluding steroid dienone is 2. The second-order valence-corrected chi connectivity index (χ2v) is 9.14. The Hall–Kier alpha value is -0.993. The van der Waals surface area contributed by atoms with Gasteiger partial charge >= 0.3 is 0 Å². The van der Waals surface area contributed by atoms with Crippen molar-refractivity contribution in [2.24, 2.45) is 0 Å². The molecule has 0 bridgehead atoms. The fourth-order valence-corrected chi connectivity index (χ4v) is 5.59. The molecule has 0 nitrogen and oxygen atoms in total. The van der Waals surface area contributed by atoms with Gasteiger partial charge in [-0.05, 0) is 25.0 Å². The van der Waals surface area contributed by atoms with Crippen LogP contribution in [0.2, 0.25) is 12.1 Å². The van der Waals surface area contributed by atoms with E-state index in [4.69, 9.17) is 0 Å². The van der Waals surface area contributed by atoms with Gasteiger partial charge in [-0.1, -0.05) is 108 Å². The molecule has 2 radical (unpaired) electrons. The van der Waals surface area contributed by atoms with Crippen LogP contribution in [-0.4, -0.2) is 9.52 Å². The van der Waals surface area contributed by atoms with Gasteiger partial charge in [0.25, 0.3) is 0 Å². The van der Waals surface area contributed by atoms with Gasteiger partial charge in [-0.15, -0.1) is 11.8 Å². The zero-order chi connectivity index (χ0) is 17.9. The summed E-state index contributed by atoms with van der Waals surface area (Å²) in [6, 6.07) is 20.6. The molecule has 2 aromatic rings. The summed E-state index contributed by atoms with van der Waals surface area (Å²) in [6.07, 6.45) is 10.2. The van der Waals surface area contributed by atoms with Crippen LogP contribution in [0.5, 0.6) is 0 Å². The number of rotatable bonds is 2. The van der Waals surface area contributed by atoms with Crippen LogP contribution < -0.4 is 0 Å². The predicted octanol–water partition coefficient (Wildman–Crippen LogP) is 7.36. The summed E-state index contributed by atoms with van der Waals surface area (Å²) in [5, 5.41) is 0. The molecule has 2 atom stereocenters. The third kappa shape index (κ3) is 4.94. The molecule has 1 saturated heterocycles. The first-order valence-electron chi connectivity index (χ1n) is 9.84. The molecule has 0 N–H and O–H groups in total. The van der Waals surface area contributed by atoms with E-state index in [9.17, 15) is 0 Å². The van der Waals surface area contributed by atoms with Crippen LogP contribution in [0.4, 0.5) is 0 Å². The summed E-state index contributed by atoms with van der Waals surface area (Å²) in [7, 11) is 1.31. The van der Waals surface area contributed by atoms with Crippen molar-refractivity contribution in [3.8, 4) is 0 Å². The summed E-state index contributed by atoms with van der Waals surface area (Å²) in [4.78, 5) is 0. The van der Waals surface area contributed by atoms with Crippen molar-refractivity contribution in [1.29, 1.82) is 0 Å². The van der Waals surface area contributed by atoms with Crippen LogP contribution in [0.25, 0.3) is 12.2 Å². The molecule has 1 aliphatic heterocycles. The molecule has 2 unspecified atom stereocenters. The van der Waals surface area contributed by atoms with Gasteiger partial charge in [0.05, 0.1) is 0 Å². The number of fused-ring (bicyclic) bond motifs is 2. The van der Waals surface area contributed by atoms with Gasteiger partial charge in [-0.3, -0.25) is 0 Å². The van der Waals surface area contributed by atoms with Gasteiger partial charge in [0.15, 0.2) is 0 Å². The van der Waals surface area contributed by atoms with Crippen molar-refractivity contribution in [3.05, 3.63) is 95.8 Å². The zero-order valence-electron chi connectivity index (χ0n) is 17.3. The van der Waals surface area contributed by atoms with Crippen LogP contribution in [0, 0.1) is 13.8 Å². The first-order chi connectivity index (χ1) is 12.7. The fraction of sp³-hybridized carbons (Fsp3) is 0.308. The zero-order valence-corrected chi connectivity index (χ0v) is 21.9. The molecule has 0 saturated carbocycles. The average molecular weight is 549 g/mol. The van der Waals surface area contributed by atoms with Crippen molar-refractivity contribution < 1.29 is 25.8 Å². The topological polar surface area (TPSA) is 0 Å². The maximum absolute atomic E-state index is 2.52. The minimum Gasteiger partial charge on any atom is -0.358 e. The predicted molar refractivity (Wildman–Crippen MR) is 121 cm³/mol. The molecule has 0 aromatic heterocycles. The Morgan fingerprint density at radius 2 is 1.18 bits per heavy atom. The second kappa shape index (κ2) is 10.7. The standard InChI is InChI=1S/C21H19.C4H8Si.CH3.Hf/c1-14-11-16-7-3-5-9-18(16)20(14)13-21-15(2)12-17-8-4-6-10-19(17)21;1-2-4-5-3-1;;/h3-13,20-21H,1-2H3;1-4H2;1H3;/q-1;;-1;. The smallest absolute Gasteiger partial charge is 0.0377 e. The summed E-state index contributed by atoms with van der Waals surface area (Å²) in [5.41, 5.74) is 8.56. The normalized spacial score (nSPS) is 21.2. The first-order valence-corrected chi connectivity index (χ1v) is 11.3. The molecular formula is C26H30HfSi-2. The van der Waals surface area contributed by atoms with Crippen LogP contribution in [0.1, 0.15) is 60.8 Å². The van der Waals surface area contributed by atoms with E-state index in [-0.39, 0.29) is 33.3 Å². The molecule has 5 rings (SSSR count). The van der Waals surface area contributed by atoms with E-state index < -0.39 is 0 Å². The minimum absolute atomic E-state index is 0. The molecule has 2 heteroatoms. The van der Waals surface area contributed by atoms with E-state index >= 15 is 0 Å². The van der Waals surface area contributed by atoms with Gasteiger partial charge in [-0.2, -0.15) is 0 Å². The van der Waals surface area contributed by atoms with Crippen molar-refractivity contribution in [1.82, 2.24) is 0 Å². The summed E-state index contributed by atoms with van der Waals surface area (Å²) < 4.78 is 0. The third-order valence-electron chi connectivity index (χ3n) is 5.75. The van der Waals surface area contributed by atoms with Crippen LogP contribution >= 0.6 is 0 Å². The summed E-state index contributed by atoms with van der Waals surface area (Å²) in [6.45, 7) is 4.50. The van der Waals surface area contributed by atoms with E-state index in [1.54, 1.807) is 0 Å². The second-order valence-electron chi connectivity index (χ2n) is 7.64. The van der Waals surface area contributed by atoms with E-state index in [1.165, 1.54) is 67.8 Å². The molecule has 1 fully saturated rings. The largest absolute Gasteiger partial charge is 0.358 e. The molecule has 2 aromatic carbocycles. The first kappa shape index (κ1) is 23.3. The average Bonchev–Trinajstić information content (AvgIpc) is 3.38. The Kier molecular flexibility index (Phi) is 8.89. The van der Waals surface area contributed by atoms with E-state index in [1.807, 2.05) is 0 Å². The van der Waals surface area contributed by atoms with E-state index in [0.29, 0.717) is 11.8 Å². The Bertz CT molecular complexity index is 772. The van der Waals surface area contributed by atoms with Crippen LogP contribution in [0.3, 0.4) is 0 Å². The van der Waals surface area contributed by atoms with E-state index in [0.717, 1.165) is 0 Å². The van der Waals surface area contributed by atoms with Crippen LogP contribution in [0.15, 0.2) is 59.7 Å². The molecule has 0 amide bonds. The van der Waals surface area contributed by atoms with Gasteiger partial charge in [0.2, 0.25) is 0 Å². The Morgan fingerprint density at radius 1 is 0.750 bits per heavy atom. The summed E-state index contributed by atoms with van der Waals surface area (Å²) in [5.74, 6) is 0.890. The van der Waals surface area contributed by atoms with Gasteiger partial charge in [-0.25, -0.2) is 0 Å². The molecule has 2 aliphatic carbocycles. The number of benzene rings is 2. The minimum atomic E-state index is 0. The SMILES string of the molecule is C1CC[Si]C1.CC1=Cc2ccccc2C1[CH-]C1C(C)=Cc2ccccc21.[CH3-].[Hf]. The van der Waals surface area contributed by atoms with Gasteiger partial charge in [0.1, 0.15) is 0 Å². The molecule has 144 valence electrons. The Labute approximate surface area is 193 Å². The maximum atomic E-state index is 2.52. The van der Waals surface area contributed by atoms with Crippen molar-refractivity contribution >= 4 is 21.7 Å². The number of hydrogen-bond acceptors (Lipinski definition) is 0. The summed E-state index contributed by atoms with van der Waals surface area (Å²) >= 11 is 0. The Morgan fingerprint density at radius 3 is 1.57 bits per heavy atom. The van der Waals surface area contributed by atoms with Crippen molar-refractivity contribution in [2.75, 3.05) is 0 Å². The van der Waals surface area contributed by atoms with Gasteiger partial charge < -0.3 is 13.8 Å². The molecule has 1 heterocycles. The fourth-order valence-electron chi connectivity index (χ4n) is 4.34. The molecule has 3 aliphatic rings. The molecule has 0 spiro atoms. The number of hydrogen-bond donors (Lipinski definition) is 0. The van der Waals surface area contributed by atoms with Crippen molar-refractivity contribution in [3.63, 3.8) is 0 Å². The van der Waals surface area contributed by atoms with Crippen molar-refractivity contribution in [2.45, 2.75) is 50.6 Å². The molecular weight excluding hydrogens is 519 g/mol. The monoisotopic (exact) mass is 550 g/mol. The Balaban J connectivity index is 0.000000352. The van der Waals surface area contributed by atoms with Crippen LogP contribution in [-0.2, 0) is 25.8 Å². The quantitative estimate of drug-likeness (QED) is 0.272. The maximum Gasteiger partial charge on any atom is 0.0377 e. The molecule has 28 heavy (non-hydrogen) atoms. The van der Waals surface area contributed by atoms with Gasteiger partial charge in [0, 0.05) is 35.4 Å². The van der Waals surface area contributed by atoms with E-state index in [2.05, 4.69) is 81.0 Å². The third-order valence-corrected chi connectivity index (χ3v) is 7.17.